The van der Waals surface area contributed by atoms with Gasteiger partial charge in [0, 0.05) is 29.2 Å². The topological polar surface area (TPSA) is 59.3 Å². The minimum atomic E-state index is -0.133. The second kappa shape index (κ2) is 6.58. The fraction of sp³-hybridized carbons (Fsp3) is 0.0455. The molecule has 0 bridgehead atoms. The van der Waals surface area contributed by atoms with Crippen LogP contribution in [0.1, 0.15) is 15.9 Å². The van der Waals surface area contributed by atoms with Gasteiger partial charge in [-0.2, -0.15) is 0 Å². The lowest BCUT2D eigenvalue weighted by molar-refractivity contribution is 0.102. The molecular formula is C22H16N4OS. The first-order valence-corrected chi connectivity index (χ1v) is 9.75. The third kappa shape index (κ3) is 2.93. The molecule has 6 heteroatoms. The van der Waals surface area contributed by atoms with Gasteiger partial charge in [0.05, 0.1) is 21.4 Å². The maximum absolute atomic E-state index is 12.5. The number of nitrogens with one attached hydrogen (secondary N) is 1. The maximum Gasteiger partial charge on any atom is 0.255 e. The van der Waals surface area contributed by atoms with Gasteiger partial charge in [-0.05, 0) is 48.9 Å². The summed E-state index contributed by atoms with van der Waals surface area (Å²) in [7, 11) is 0. The van der Waals surface area contributed by atoms with E-state index in [1.807, 2.05) is 72.2 Å². The van der Waals surface area contributed by atoms with E-state index in [1.165, 1.54) is 11.3 Å². The van der Waals surface area contributed by atoms with E-state index in [2.05, 4.69) is 10.3 Å². The van der Waals surface area contributed by atoms with Crippen molar-refractivity contribution < 1.29 is 4.79 Å². The number of aryl methyl sites for hydroxylation is 1. The summed E-state index contributed by atoms with van der Waals surface area (Å²) in [5.74, 6) is -0.133. The smallest absolute Gasteiger partial charge is 0.255 e. The molecular weight excluding hydrogens is 368 g/mol. The molecule has 0 aliphatic rings. The van der Waals surface area contributed by atoms with Crippen LogP contribution in [0.4, 0.5) is 5.69 Å². The highest BCUT2D eigenvalue weighted by atomic mass is 32.1. The van der Waals surface area contributed by atoms with E-state index in [9.17, 15) is 4.79 Å². The first kappa shape index (κ1) is 16.6. The molecule has 0 fully saturated rings. The van der Waals surface area contributed by atoms with Crippen molar-refractivity contribution in [1.82, 2.24) is 14.4 Å². The van der Waals surface area contributed by atoms with E-state index >= 15 is 0 Å². The number of pyridine rings is 1. The van der Waals surface area contributed by atoms with Gasteiger partial charge in [0.15, 0.2) is 0 Å². The molecule has 5 aromatic rings. The van der Waals surface area contributed by atoms with E-state index in [-0.39, 0.29) is 5.91 Å². The third-order valence-electron chi connectivity index (χ3n) is 4.71. The Morgan fingerprint density at radius 2 is 1.96 bits per heavy atom. The average Bonchev–Trinajstić information content (AvgIpc) is 3.35. The molecule has 0 saturated carbocycles. The van der Waals surface area contributed by atoms with Gasteiger partial charge in [-0.15, -0.1) is 11.3 Å². The summed E-state index contributed by atoms with van der Waals surface area (Å²) in [4.78, 5) is 21.5. The number of amides is 1. The highest BCUT2D eigenvalue weighted by Gasteiger charge is 2.10. The Labute approximate surface area is 165 Å². The summed E-state index contributed by atoms with van der Waals surface area (Å²) in [6, 6.07) is 17.3. The molecule has 1 N–H and O–H groups in total. The fourth-order valence-corrected chi connectivity index (χ4v) is 3.93. The lowest BCUT2D eigenvalue weighted by Gasteiger charge is -2.06. The summed E-state index contributed by atoms with van der Waals surface area (Å²) in [5, 5.41) is 2.95. The molecule has 5 rings (SSSR count). The Bertz CT molecular complexity index is 1320. The Hall–Kier alpha value is -3.51. The van der Waals surface area contributed by atoms with Crippen LogP contribution in [-0.4, -0.2) is 20.3 Å². The number of benzene rings is 2. The van der Waals surface area contributed by atoms with Crippen molar-refractivity contribution in [2.24, 2.45) is 0 Å². The number of nitrogens with zero attached hydrogens (tertiary/aromatic N) is 3. The maximum atomic E-state index is 12.5. The molecule has 3 heterocycles. The summed E-state index contributed by atoms with van der Waals surface area (Å²) in [6.45, 7) is 2.05. The van der Waals surface area contributed by atoms with Crippen molar-refractivity contribution in [3.8, 4) is 11.3 Å². The summed E-state index contributed by atoms with van der Waals surface area (Å²) in [6.07, 6.45) is 4.01. The highest BCUT2D eigenvalue weighted by Crippen LogP contribution is 2.23. The number of imidazole rings is 1. The van der Waals surface area contributed by atoms with Gasteiger partial charge in [-0.25, -0.2) is 9.97 Å². The molecule has 28 heavy (non-hydrogen) atoms. The largest absolute Gasteiger partial charge is 0.322 e. The first-order chi connectivity index (χ1) is 13.7. The van der Waals surface area contributed by atoms with E-state index in [0.29, 0.717) is 5.56 Å². The van der Waals surface area contributed by atoms with Crippen molar-refractivity contribution in [2.75, 3.05) is 5.32 Å². The number of fused-ring (bicyclic) bond motifs is 2. The second-order valence-corrected chi connectivity index (χ2v) is 7.50. The fourth-order valence-electron chi connectivity index (χ4n) is 3.22. The number of carbonyl (C=O) groups excluding carboxylic acids is 1. The van der Waals surface area contributed by atoms with E-state index in [0.717, 1.165) is 38.4 Å². The van der Waals surface area contributed by atoms with Crippen LogP contribution in [0.25, 0.3) is 27.1 Å². The van der Waals surface area contributed by atoms with Crippen molar-refractivity contribution >= 4 is 38.8 Å². The lowest BCUT2D eigenvalue weighted by Crippen LogP contribution is -2.11. The predicted octanol–water partition coefficient (Wildman–Crippen LogP) is 5.17. The molecule has 3 aromatic heterocycles. The zero-order valence-electron chi connectivity index (χ0n) is 15.1. The molecule has 0 aliphatic carbocycles. The van der Waals surface area contributed by atoms with E-state index < -0.39 is 0 Å². The zero-order valence-corrected chi connectivity index (χ0v) is 15.9. The minimum Gasteiger partial charge on any atom is -0.322 e. The van der Waals surface area contributed by atoms with Crippen molar-refractivity contribution in [2.45, 2.75) is 6.92 Å². The van der Waals surface area contributed by atoms with Crippen LogP contribution in [0, 0.1) is 6.92 Å². The number of aromatic nitrogens is 3. The molecule has 0 atom stereocenters. The monoisotopic (exact) mass is 384 g/mol. The van der Waals surface area contributed by atoms with Crippen LogP contribution in [0.5, 0.6) is 0 Å². The van der Waals surface area contributed by atoms with E-state index in [4.69, 9.17) is 4.98 Å². The minimum absolute atomic E-state index is 0.133. The highest BCUT2D eigenvalue weighted by molar-refractivity contribution is 7.16. The normalized spacial score (nSPS) is 11.2. The predicted molar refractivity (Wildman–Crippen MR) is 113 cm³/mol. The quantitative estimate of drug-likeness (QED) is 0.467. The van der Waals surface area contributed by atoms with Gasteiger partial charge in [0.1, 0.15) is 5.65 Å². The van der Waals surface area contributed by atoms with Gasteiger partial charge in [0.2, 0.25) is 0 Å². The summed E-state index contributed by atoms with van der Waals surface area (Å²) >= 11 is 1.53. The molecule has 0 spiro atoms. The van der Waals surface area contributed by atoms with Crippen LogP contribution in [0.3, 0.4) is 0 Å². The first-order valence-electron chi connectivity index (χ1n) is 8.87. The van der Waals surface area contributed by atoms with Crippen LogP contribution in [0.15, 0.2) is 72.5 Å². The standard InChI is InChI=1S/C22H16N4OS/c1-14-3-2-10-26-12-19(25-21(14)26)15-4-7-17(8-5-15)24-22(27)16-6-9-18-20(11-16)28-13-23-18/h2-13H,1H3,(H,24,27). The van der Waals surface area contributed by atoms with Crippen LogP contribution < -0.4 is 5.32 Å². The van der Waals surface area contributed by atoms with Crippen LogP contribution in [-0.2, 0) is 0 Å². The zero-order chi connectivity index (χ0) is 19.1. The molecule has 2 aromatic carbocycles. The summed E-state index contributed by atoms with van der Waals surface area (Å²) in [5.41, 5.74) is 8.06. The number of rotatable bonds is 3. The molecule has 5 nitrogen and oxygen atoms in total. The SMILES string of the molecule is Cc1cccn2cc(-c3ccc(NC(=O)c4ccc5ncsc5c4)cc3)nc12. The molecule has 0 radical (unpaired) electrons. The Kier molecular flexibility index (Phi) is 3.91. The van der Waals surface area contributed by atoms with Gasteiger partial charge >= 0.3 is 0 Å². The van der Waals surface area contributed by atoms with E-state index in [1.54, 1.807) is 11.6 Å². The number of hydrogen-bond donors (Lipinski definition) is 1. The lowest BCUT2D eigenvalue weighted by atomic mass is 10.1. The van der Waals surface area contributed by atoms with Crippen molar-refractivity contribution in [3.05, 3.63) is 83.6 Å². The Balaban J connectivity index is 1.38. The van der Waals surface area contributed by atoms with Gasteiger partial charge in [-0.1, -0.05) is 18.2 Å². The second-order valence-electron chi connectivity index (χ2n) is 6.61. The molecule has 1 amide bonds. The van der Waals surface area contributed by atoms with Crippen LogP contribution >= 0.6 is 11.3 Å². The van der Waals surface area contributed by atoms with Gasteiger partial charge in [-0.3, -0.25) is 4.79 Å². The average molecular weight is 384 g/mol. The van der Waals surface area contributed by atoms with Gasteiger partial charge < -0.3 is 9.72 Å². The molecule has 0 saturated heterocycles. The van der Waals surface area contributed by atoms with Crippen LogP contribution in [0.2, 0.25) is 0 Å². The summed E-state index contributed by atoms with van der Waals surface area (Å²) < 4.78 is 3.03. The third-order valence-corrected chi connectivity index (χ3v) is 5.50. The molecule has 0 unspecified atom stereocenters. The molecule has 0 aliphatic heterocycles. The van der Waals surface area contributed by atoms with Crippen molar-refractivity contribution in [1.29, 1.82) is 0 Å². The Morgan fingerprint density at radius 3 is 2.79 bits per heavy atom. The number of hydrogen-bond acceptors (Lipinski definition) is 4. The Morgan fingerprint density at radius 1 is 1.11 bits per heavy atom. The van der Waals surface area contributed by atoms with Gasteiger partial charge in [0.25, 0.3) is 5.91 Å². The van der Waals surface area contributed by atoms with Crippen molar-refractivity contribution in [3.63, 3.8) is 0 Å². The number of carbonyl (C=O) groups is 1. The number of thiazole rings is 1. The molecule has 136 valence electrons. The number of anilines is 1.